The molecule has 1 heterocycles. The summed E-state index contributed by atoms with van der Waals surface area (Å²) in [7, 11) is 3.90. The molecule has 0 fully saturated rings. The first-order chi connectivity index (χ1) is 8.06. The molecule has 0 saturated carbocycles. The van der Waals surface area contributed by atoms with Gasteiger partial charge in [-0.2, -0.15) is 0 Å². The maximum Gasteiger partial charge on any atom is 0.132 e. The van der Waals surface area contributed by atoms with Crippen LogP contribution >= 0.6 is 27.5 Å². The largest absolute Gasteiger partial charge is 0.363 e. The SMILES string of the molecule is CN(C)c1cc(-c2ccc(Br)cc2)cc(Cl)n1. The monoisotopic (exact) mass is 310 g/mol. The first kappa shape index (κ1) is 12.4. The van der Waals surface area contributed by atoms with Crippen molar-refractivity contribution in [3.05, 3.63) is 46.0 Å². The molecule has 88 valence electrons. The highest BCUT2D eigenvalue weighted by atomic mass is 79.9. The van der Waals surface area contributed by atoms with Crippen molar-refractivity contribution in [2.45, 2.75) is 0 Å². The minimum atomic E-state index is 0.508. The molecule has 0 atom stereocenters. The molecule has 2 aromatic rings. The third-order valence-electron chi connectivity index (χ3n) is 2.42. The van der Waals surface area contributed by atoms with Gasteiger partial charge in [0.15, 0.2) is 0 Å². The molecule has 0 bridgehead atoms. The van der Waals surface area contributed by atoms with Crippen LogP contribution < -0.4 is 4.90 Å². The summed E-state index contributed by atoms with van der Waals surface area (Å²) < 4.78 is 1.06. The minimum absolute atomic E-state index is 0.508. The van der Waals surface area contributed by atoms with Crippen LogP contribution in [0.15, 0.2) is 40.9 Å². The van der Waals surface area contributed by atoms with Crippen LogP contribution in [0, 0.1) is 0 Å². The zero-order valence-corrected chi connectivity index (χ0v) is 12.0. The van der Waals surface area contributed by atoms with Gasteiger partial charge in [0.25, 0.3) is 0 Å². The van der Waals surface area contributed by atoms with E-state index >= 15 is 0 Å². The average Bonchev–Trinajstić information content (AvgIpc) is 2.29. The second-order valence-corrected chi connectivity index (χ2v) is 5.24. The first-order valence-corrected chi connectivity index (χ1v) is 6.34. The number of rotatable bonds is 2. The summed E-state index contributed by atoms with van der Waals surface area (Å²) in [6.45, 7) is 0. The molecule has 4 heteroatoms. The fourth-order valence-corrected chi connectivity index (χ4v) is 1.99. The van der Waals surface area contributed by atoms with Crippen LogP contribution in [0.5, 0.6) is 0 Å². The standard InChI is InChI=1S/C13H12BrClN2/c1-17(2)13-8-10(7-12(15)16-13)9-3-5-11(14)6-4-9/h3-8H,1-2H3. The van der Waals surface area contributed by atoms with Crippen LogP contribution in [0.1, 0.15) is 0 Å². The van der Waals surface area contributed by atoms with Crippen LogP contribution in [0.25, 0.3) is 11.1 Å². The van der Waals surface area contributed by atoms with Crippen molar-refractivity contribution in [1.29, 1.82) is 0 Å². The predicted molar refractivity (Wildman–Crippen MR) is 76.7 cm³/mol. The molecule has 2 rings (SSSR count). The average molecular weight is 312 g/mol. The van der Waals surface area contributed by atoms with Gasteiger partial charge in [0.05, 0.1) is 0 Å². The van der Waals surface area contributed by atoms with Gasteiger partial charge in [-0.15, -0.1) is 0 Å². The van der Waals surface area contributed by atoms with Crippen molar-refractivity contribution in [2.24, 2.45) is 0 Å². The minimum Gasteiger partial charge on any atom is -0.363 e. The van der Waals surface area contributed by atoms with Crippen LogP contribution in [0.3, 0.4) is 0 Å². The Bertz CT molecular complexity index is 523. The zero-order chi connectivity index (χ0) is 12.4. The summed E-state index contributed by atoms with van der Waals surface area (Å²) >= 11 is 9.45. The fourth-order valence-electron chi connectivity index (χ4n) is 1.52. The van der Waals surface area contributed by atoms with Crippen LogP contribution in [-0.2, 0) is 0 Å². The molecule has 1 aromatic heterocycles. The van der Waals surface area contributed by atoms with Crippen LogP contribution in [0.4, 0.5) is 5.82 Å². The highest BCUT2D eigenvalue weighted by molar-refractivity contribution is 9.10. The molecule has 0 aliphatic rings. The Labute approximate surface area is 114 Å². The second-order valence-electron chi connectivity index (χ2n) is 3.94. The molecular formula is C13H12BrClN2. The number of hydrogen-bond donors (Lipinski definition) is 0. The maximum atomic E-state index is 6.03. The van der Waals surface area contributed by atoms with E-state index in [0.29, 0.717) is 5.15 Å². The van der Waals surface area contributed by atoms with Gasteiger partial charge in [-0.05, 0) is 35.4 Å². The predicted octanol–water partition coefficient (Wildman–Crippen LogP) is 4.23. The Morgan fingerprint density at radius 3 is 2.29 bits per heavy atom. The number of anilines is 1. The lowest BCUT2D eigenvalue weighted by atomic mass is 10.1. The molecule has 0 spiro atoms. The summed E-state index contributed by atoms with van der Waals surface area (Å²) in [6.07, 6.45) is 0. The lowest BCUT2D eigenvalue weighted by molar-refractivity contribution is 1.07. The molecule has 1 aromatic carbocycles. The number of nitrogens with zero attached hydrogens (tertiary/aromatic N) is 2. The molecule has 0 aliphatic heterocycles. The summed E-state index contributed by atoms with van der Waals surface area (Å²) in [5.74, 6) is 0.857. The van der Waals surface area contributed by atoms with E-state index in [2.05, 4.69) is 33.0 Å². The van der Waals surface area contributed by atoms with E-state index in [1.54, 1.807) is 0 Å². The lowest BCUT2D eigenvalue weighted by Crippen LogP contribution is -2.10. The van der Waals surface area contributed by atoms with E-state index in [0.717, 1.165) is 21.4 Å². The lowest BCUT2D eigenvalue weighted by Gasteiger charge is -2.13. The summed E-state index contributed by atoms with van der Waals surface area (Å²) in [6, 6.07) is 12.0. The van der Waals surface area contributed by atoms with E-state index in [1.165, 1.54) is 0 Å². The number of aromatic nitrogens is 1. The van der Waals surface area contributed by atoms with E-state index in [9.17, 15) is 0 Å². The Hall–Kier alpha value is -1.06. The summed E-state index contributed by atoms with van der Waals surface area (Å²) in [4.78, 5) is 6.20. The number of benzene rings is 1. The van der Waals surface area contributed by atoms with E-state index < -0.39 is 0 Å². The fraction of sp³-hybridized carbons (Fsp3) is 0.154. The van der Waals surface area contributed by atoms with Crippen LogP contribution in [-0.4, -0.2) is 19.1 Å². The van der Waals surface area contributed by atoms with E-state index in [1.807, 2.05) is 43.3 Å². The van der Waals surface area contributed by atoms with Crippen LogP contribution in [0.2, 0.25) is 5.15 Å². The zero-order valence-electron chi connectivity index (χ0n) is 9.61. The normalized spacial score (nSPS) is 10.4. The van der Waals surface area contributed by atoms with Crippen molar-refractivity contribution in [2.75, 3.05) is 19.0 Å². The van der Waals surface area contributed by atoms with Crippen molar-refractivity contribution in [3.8, 4) is 11.1 Å². The first-order valence-electron chi connectivity index (χ1n) is 5.17. The molecule has 0 saturated heterocycles. The van der Waals surface area contributed by atoms with Gasteiger partial charge in [0, 0.05) is 18.6 Å². The van der Waals surface area contributed by atoms with Gasteiger partial charge < -0.3 is 4.90 Å². The molecule has 0 aliphatic carbocycles. The molecule has 17 heavy (non-hydrogen) atoms. The summed E-state index contributed by atoms with van der Waals surface area (Å²) in [5, 5.41) is 0.508. The topological polar surface area (TPSA) is 16.1 Å². The molecule has 0 N–H and O–H groups in total. The molecule has 2 nitrogen and oxygen atoms in total. The van der Waals surface area contributed by atoms with Crippen molar-refractivity contribution >= 4 is 33.3 Å². The third-order valence-corrected chi connectivity index (χ3v) is 3.14. The molecule has 0 amide bonds. The van der Waals surface area contributed by atoms with Gasteiger partial charge >= 0.3 is 0 Å². The number of halogens is 2. The molecule has 0 radical (unpaired) electrons. The smallest absolute Gasteiger partial charge is 0.132 e. The quantitative estimate of drug-likeness (QED) is 0.772. The van der Waals surface area contributed by atoms with Gasteiger partial charge in [-0.1, -0.05) is 39.7 Å². The second kappa shape index (κ2) is 5.07. The van der Waals surface area contributed by atoms with E-state index in [4.69, 9.17) is 11.6 Å². The van der Waals surface area contributed by atoms with E-state index in [-0.39, 0.29) is 0 Å². The Morgan fingerprint density at radius 2 is 1.71 bits per heavy atom. The summed E-state index contributed by atoms with van der Waals surface area (Å²) in [5.41, 5.74) is 2.20. The Kier molecular flexibility index (Phi) is 3.69. The van der Waals surface area contributed by atoms with Gasteiger partial charge in [-0.3, -0.25) is 0 Å². The van der Waals surface area contributed by atoms with Gasteiger partial charge in [-0.25, -0.2) is 4.98 Å². The van der Waals surface area contributed by atoms with Gasteiger partial charge in [0.1, 0.15) is 11.0 Å². The number of pyridine rings is 1. The maximum absolute atomic E-state index is 6.03. The highest BCUT2D eigenvalue weighted by Crippen LogP contribution is 2.26. The Balaban J connectivity index is 2.48. The van der Waals surface area contributed by atoms with Crippen molar-refractivity contribution in [3.63, 3.8) is 0 Å². The third kappa shape index (κ3) is 2.99. The molecular weight excluding hydrogens is 300 g/mol. The number of hydrogen-bond acceptors (Lipinski definition) is 2. The Morgan fingerprint density at radius 1 is 1.06 bits per heavy atom. The van der Waals surface area contributed by atoms with Crippen molar-refractivity contribution < 1.29 is 0 Å². The molecule has 0 unspecified atom stereocenters. The van der Waals surface area contributed by atoms with Gasteiger partial charge in [0.2, 0.25) is 0 Å². The highest BCUT2D eigenvalue weighted by Gasteiger charge is 2.05. The van der Waals surface area contributed by atoms with Crippen molar-refractivity contribution in [1.82, 2.24) is 4.98 Å².